The lowest BCUT2D eigenvalue weighted by Gasteiger charge is -2.15. The number of hydrogen-bond acceptors (Lipinski definition) is 8. The van der Waals surface area contributed by atoms with Crippen LogP contribution >= 0.6 is 0 Å². The number of aliphatic imine (C=N–C) groups is 1. The predicted molar refractivity (Wildman–Crippen MR) is 149 cm³/mol. The molecule has 0 aliphatic heterocycles. The standard InChI is InChI=1S/C27H42N6O5/c1-20(32-23(26(35)36)9-2-4-13-30-15-11-28)17-21-7-6-8-22(18-21)19-25(34)33-24(27(37)38)10-3-5-14-31-16-12-29/h6-8,11-12,18,23-24,28-31H,2-5,9-10,13-17,19H2,1H3,(H,33,34)(H,35,36)(H,37,38). The van der Waals surface area contributed by atoms with Gasteiger partial charge < -0.3 is 37.0 Å². The van der Waals surface area contributed by atoms with Crippen molar-refractivity contribution in [3.63, 3.8) is 0 Å². The molecule has 0 aliphatic carbocycles. The Labute approximate surface area is 224 Å². The second-order valence-electron chi connectivity index (χ2n) is 9.16. The van der Waals surface area contributed by atoms with Crippen LogP contribution in [0.15, 0.2) is 29.3 Å². The van der Waals surface area contributed by atoms with Gasteiger partial charge >= 0.3 is 11.9 Å². The minimum atomic E-state index is -1.07. The first-order valence-electron chi connectivity index (χ1n) is 13.0. The van der Waals surface area contributed by atoms with Gasteiger partial charge in [-0.05, 0) is 69.7 Å². The number of rotatable bonds is 22. The van der Waals surface area contributed by atoms with Gasteiger partial charge in [-0.1, -0.05) is 24.3 Å². The Morgan fingerprint density at radius 1 is 0.895 bits per heavy atom. The summed E-state index contributed by atoms with van der Waals surface area (Å²) >= 11 is 0. The number of amides is 1. The van der Waals surface area contributed by atoms with Crippen molar-refractivity contribution in [1.82, 2.24) is 16.0 Å². The first kappa shape index (κ1) is 32.6. The number of benzene rings is 1. The largest absolute Gasteiger partial charge is 0.480 e. The van der Waals surface area contributed by atoms with E-state index >= 15 is 0 Å². The monoisotopic (exact) mass is 530 g/mol. The van der Waals surface area contributed by atoms with E-state index in [0.717, 1.165) is 30.5 Å². The lowest BCUT2D eigenvalue weighted by molar-refractivity contribution is -0.142. The predicted octanol–water partition coefficient (Wildman–Crippen LogP) is 2.07. The van der Waals surface area contributed by atoms with Crippen molar-refractivity contribution in [3.05, 3.63) is 35.4 Å². The maximum Gasteiger partial charge on any atom is 0.328 e. The molecule has 2 atom stereocenters. The molecular weight excluding hydrogens is 488 g/mol. The summed E-state index contributed by atoms with van der Waals surface area (Å²) in [6.07, 6.45) is 6.70. The SMILES string of the molecule is CC(Cc1cccc(CC(=O)NC(CCCCNCC=N)C(=O)O)c1)=NC(CCCCNCC=N)C(=O)O. The topological polar surface area (TPSA) is 188 Å². The van der Waals surface area contributed by atoms with Crippen molar-refractivity contribution in [3.8, 4) is 0 Å². The van der Waals surface area contributed by atoms with Crippen molar-refractivity contribution in [2.24, 2.45) is 4.99 Å². The summed E-state index contributed by atoms with van der Waals surface area (Å²) in [6.45, 7) is 4.18. The molecule has 1 rings (SSSR count). The van der Waals surface area contributed by atoms with Crippen LogP contribution in [0.1, 0.15) is 56.6 Å². The van der Waals surface area contributed by atoms with Crippen molar-refractivity contribution in [1.29, 1.82) is 10.8 Å². The highest BCUT2D eigenvalue weighted by molar-refractivity contribution is 5.87. The highest BCUT2D eigenvalue weighted by Gasteiger charge is 2.20. The summed E-state index contributed by atoms with van der Waals surface area (Å²) in [5.74, 6) is -2.40. The second-order valence-corrected chi connectivity index (χ2v) is 9.16. The molecule has 210 valence electrons. The van der Waals surface area contributed by atoms with E-state index in [1.54, 1.807) is 13.0 Å². The van der Waals surface area contributed by atoms with Gasteiger partial charge in [-0.2, -0.15) is 0 Å². The summed E-state index contributed by atoms with van der Waals surface area (Å²) in [5.41, 5.74) is 2.31. The Balaban J connectivity index is 2.61. The summed E-state index contributed by atoms with van der Waals surface area (Å²) in [4.78, 5) is 40.1. The number of nitrogens with zero attached hydrogens (tertiary/aromatic N) is 1. The number of carboxylic acids is 2. The average Bonchev–Trinajstić information content (AvgIpc) is 2.86. The van der Waals surface area contributed by atoms with Crippen molar-refractivity contribution in [2.45, 2.75) is 70.4 Å². The Kier molecular flexibility index (Phi) is 16.8. The summed E-state index contributed by atoms with van der Waals surface area (Å²) in [7, 11) is 0. The molecular formula is C27H42N6O5. The fourth-order valence-electron chi connectivity index (χ4n) is 3.92. The van der Waals surface area contributed by atoms with Gasteiger partial charge in [-0.15, -0.1) is 0 Å². The minimum Gasteiger partial charge on any atom is -0.480 e. The number of carboxylic acid groups (broad SMARTS) is 2. The lowest BCUT2D eigenvalue weighted by Crippen LogP contribution is -2.41. The Bertz CT molecular complexity index is 936. The summed E-state index contributed by atoms with van der Waals surface area (Å²) in [5, 5.41) is 41.6. The number of hydrogen-bond donors (Lipinski definition) is 7. The molecule has 0 saturated carbocycles. The van der Waals surface area contributed by atoms with Crippen LogP contribution < -0.4 is 16.0 Å². The van der Waals surface area contributed by atoms with Gasteiger partial charge in [0.15, 0.2) is 0 Å². The maximum absolute atomic E-state index is 12.5. The molecule has 0 heterocycles. The summed E-state index contributed by atoms with van der Waals surface area (Å²) in [6, 6.07) is 5.59. The Morgan fingerprint density at radius 3 is 2.03 bits per heavy atom. The Morgan fingerprint density at radius 2 is 1.47 bits per heavy atom. The molecule has 7 N–H and O–H groups in total. The quantitative estimate of drug-likeness (QED) is 0.0882. The highest BCUT2D eigenvalue weighted by atomic mass is 16.4. The van der Waals surface area contributed by atoms with E-state index in [1.165, 1.54) is 12.4 Å². The highest BCUT2D eigenvalue weighted by Crippen LogP contribution is 2.11. The molecule has 0 radical (unpaired) electrons. The normalized spacial score (nSPS) is 12.9. The molecule has 11 nitrogen and oxygen atoms in total. The molecule has 2 unspecified atom stereocenters. The zero-order valence-corrected chi connectivity index (χ0v) is 22.2. The van der Waals surface area contributed by atoms with Gasteiger partial charge in [0, 0.05) is 37.7 Å². The number of unbranched alkanes of at least 4 members (excludes halogenated alkanes) is 2. The molecule has 0 fully saturated rings. The average molecular weight is 531 g/mol. The van der Waals surface area contributed by atoms with Gasteiger partial charge in [0.2, 0.25) is 5.91 Å². The van der Waals surface area contributed by atoms with Crippen LogP contribution in [-0.4, -0.2) is 84.5 Å². The van der Waals surface area contributed by atoms with Gasteiger partial charge in [0.1, 0.15) is 12.1 Å². The van der Waals surface area contributed by atoms with Crippen molar-refractivity contribution < 1.29 is 24.6 Å². The fraction of sp³-hybridized carbons (Fsp3) is 0.556. The van der Waals surface area contributed by atoms with E-state index in [0.29, 0.717) is 57.5 Å². The third kappa shape index (κ3) is 15.0. The molecule has 0 aromatic heterocycles. The van der Waals surface area contributed by atoms with Crippen LogP contribution in [-0.2, 0) is 27.2 Å². The van der Waals surface area contributed by atoms with E-state index in [9.17, 15) is 24.6 Å². The van der Waals surface area contributed by atoms with Crippen LogP contribution in [0.2, 0.25) is 0 Å². The second kappa shape index (κ2) is 19.6. The van der Waals surface area contributed by atoms with Crippen LogP contribution in [0, 0.1) is 10.8 Å². The first-order chi connectivity index (χ1) is 18.3. The lowest BCUT2D eigenvalue weighted by atomic mass is 10.0. The maximum atomic E-state index is 12.5. The van der Waals surface area contributed by atoms with Crippen LogP contribution in [0.4, 0.5) is 0 Å². The van der Waals surface area contributed by atoms with E-state index in [-0.39, 0.29) is 12.3 Å². The third-order valence-corrected chi connectivity index (χ3v) is 5.78. The molecule has 1 aromatic rings. The number of aliphatic carboxylic acids is 2. The smallest absolute Gasteiger partial charge is 0.328 e. The molecule has 0 spiro atoms. The van der Waals surface area contributed by atoms with Gasteiger partial charge in [0.25, 0.3) is 0 Å². The molecule has 38 heavy (non-hydrogen) atoms. The molecule has 0 bridgehead atoms. The fourth-order valence-corrected chi connectivity index (χ4v) is 3.92. The van der Waals surface area contributed by atoms with Crippen molar-refractivity contribution in [2.75, 3.05) is 26.2 Å². The zero-order chi connectivity index (χ0) is 28.2. The Hall–Kier alpha value is -3.44. The van der Waals surface area contributed by atoms with E-state index in [1.807, 2.05) is 18.2 Å². The van der Waals surface area contributed by atoms with E-state index < -0.39 is 24.0 Å². The molecule has 1 amide bonds. The van der Waals surface area contributed by atoms with Crippen LogP contribution in [0.25, 0.3) is 0 Å². The number of carbonyl (C=O) groups excluding carboxylic acids is 1. The molecule has 11 heteroatoms. The molecule has 0 saturated heterocycles. The first-order valence-corrected chi connectivity index (χ1v) is 13.0. The third-order valence-electron chi connectivity index (χ3n) is 5.78. The van der Waals surface area contributed by atoms with Crippen molar-refractivity contribution >= 4 is 36.0 Å². The zero-order valence-electron chi connectivity index (χ0n) is 22.2. The molecule has 0 aliphatic rings. The number of nitrogens with one attached hydrogen (secondary N) is 5. The number of carbonyl (C=O) groups is 3. The van der Waals surface area contributed by atoms with Crippen LogP contribution in [0.5, 0.6) is 0 Å². The summed E-state index contributed by atoms with van der Waals surface area (Å²) < 4.78 is 0. The van der Waals surface area contributed by atoms with Gasteiger partial charge in [-0.25, -0.2) is 9.59 Å². The minimum absolute atomic E-state index is 0.0401. The molecule has 1 aromatic carbocycles. The van der Waals surface area contributed by atoms with Crippen LogP contribution in [0.3, 0.4) is 0 Å². The van der Waals surface area contributed by atoms with Gasteiger partial charge in [-0.3, -0.25) is 9.79 Å². The van der Waals surface area contributed by atoms with E-state index in [2.05, 4.69) is 20.9 Å². The van der Waals surface area contributed by atoms with E-state index in [4.69, 9.17) is 10.8 Å². The van der Waals surface area contributed by atoms with Gasteiger partial charge in [0.05, 0.1) is 6.42 Å².